The minimum Gasteiger partial charge on any atom is -0.459 e. The normalized spacial score (nSPS) is 10.9. The van der Waals surface area contributed by atoms with Gasteiger partial charge in [-0.15, -0.1) is 10.2 Å². The predicted octanol–water partition coefficient (Wildman–Crippen LogP) is 5.40. The van der Waals surface area contributed by atoms with Crippen molar-refractivity contribution in [1.82, 2.24) is 10.2 Å². The zero-order valence-corrected chi connectivity index (χ0v) is 15.2. The average Bonchev–Trinajstić information content (AvgIpc) is 3.45. The number of hydrogen-bond donors (Lipinski definition) is 1. The van der Waals surface area contributed by atoms with E-state index in [0.717, 1.165) is 10.8 Å². The van der Waals surface area contributed by atoms with Crippen LogP contribution in [0.3, 0.4) is 0 Å². The lowest BCUT2D eigenvalue weighted by atomic mass is 10.1. The maximum Gasteiger partial charge on any atom is 0.283 e. The molecule has 0 aliphatic rings. The Bertz CT molecular complexity index is 1310. The zero-order valence-electron chi connectivity index (χ0n) is 15.2. The van der Waals surface area contributed by atoms with E-state index in [9.17, 15) is 4.79 Å². The van der Waals surface area contributed by atoms with Gasteiger partial charge in [0.05, 0.1) is 6.26 Å². The van der Waals surface area contributed by atoms with Gasteiger partial charge in [-0.2, -0.15) is 0 Å². The minimum atomic E-state index is -0.185. The van der Waals surface area contributed by atoms with Crippen molar-refractivity contribution in [2.45, 2.75) is 0 Å². The van der Waals surface area contributed by atoms with Crippen LogP contribution < -0.4 is 5.32 Å². The molecule has 0 unspecified atom stereocenters. The van der Waals surface area contributed by atoms with Crippen molar-refractivity contribution in [3.63, 3.8) is 0 Å². The Balaban J connectivity index is 1.38. The van der Waals surface area contributed by atoms with E-state index in [1.165, 1.54) is 0 Å². The van der Waals surface area contributed by atoms with Crippen LogP contribution in [0.5, 0.6) is 0 Å². The van der Waals surface area contributed by atoms with Gasteiger partial charge >= 0.3 is 0 Å². The van der Waals surface area contributed by atoms with Gasteiger partial charge in [-0.3, -0.25) is 4.79 Å². The number of anilines is 1. The van der Waals surface area contributed by atoms with Crippen LogP contribution in [-0.2, 0) is 0 Å². The third kappa shape index (κ3) is 3.39. The number of carbonyl (C=O) groups is 1. The monoisotopic (exact) mass is 381 g/mol. The Morgan fingerprint density at radius 2 is 1.66 bits per heavy atom. The maximum atomic E-state index is 12.7. The molecule has 0 saturated carbocycles. The third-order valence-electron chi connectivity index (χ3n) is 4.54. The van der Waals surface area contributed by atoms with Crippen molar-refractivity contribution in [2.75, 3.05) is 5.32 Å². The van der Waals surface area contributed by atoms with Gasteiger partial charge in [0.15, 0.2) is 5.76 Å². The number of amides is 1. The molecule has 3 aromatic carbocycles. The van der Waals surface area contributed by atoms with Crippen molar-refractivity contribution in [2.24, 2.45) is 0 Å². The standard InChI is InChI=1S/C23H15N3O3/c27-21(17-11-10-15-5-1-2-6-16(15)13-17)24-19-8-3-7-18(14-19)22-25-26-23(29-22)20-9-4-12-28-20/h1-14H,(H,24,27). The van der Waals surface area contributed by atoms with Gasteiger partial charge in [-0.25, -0.2) is 0 Å². The second-order valence-electron chi connectivity index (χ2n) is 6.49. The Labute approximate surface area is 165 Å². The summed E-state index contributed by atoms with van der Waals surface area (Å²) in [6.07, 6.45) is 1.54. The molecular formula is C23H15N3O3. The van der Waals surface area contributed by atoms with E-state index in [4.69, 9.17) is 8.83 Å². The van der Waals surface area contributed by atoms with Crippen molar-refractivity contribution in [3.8, 4) is 23.1 Å². The molecule has 0 aliphatic carbocycles. The van der Waals surface area contributed by atoms with E-state index in [1.807, 2.05) is 60.7 Å². The number of fused-ring (bicyclic) bond motifs is 1. The summed E-state index contributed by atoms with van der Waals surface area (Å²) in [6.45, 7) is 0. The van der Waals surface area contributed by atoms with Gasteiger partial charge in [0.25, 0.3) is 11.8 Å². The van der Waals surface area contributed by atoms with Crippen LogP contribution in [0.2, 0.25) is 0 Å². The molecule has 0 spiro atoms. The van der Waals surface area contributed by atoms with Crippen LogP contribution >= 0.6 is 0 Å². The molecule has 0 bridgehead atoms. The lowest BCUT2D eigenvalue weighted by Gasteiger charge is -2.07. The van der Waals surface area contributed by atoms with Gasteiger partial charge in [-0.05, 0) is 53.2 Å². The summed E-state index contributed by atoms with van der Waals surface area (Å²) in [6, 6.07) is 24.3. The van der Waals surface area contributed by atoms with E-state index in [2.05, 4.69) is 15.5 Å². The number of nitrogens with one attached hydrogen (secondary N) is 1. The Morgan fingerprint density at radius 1 is 0.793 bits per heavy atom. The molecule has 1 amide bonds. The Kier molecular flexibility index (Phi) is 4.14. The second-order valence-corrected chi connectivity index (χ2v) is 6.49. The van der Waals surface area contributed by atoms with E-state index >= 15 is 0 Å². The SMILES string of the molecule is O=C(Nc1cccc(-c2nnc(-c3ccco3)o2)c1)c1ccc2ccccc2c1. The van der Waals surface area contributed by atoms with Gasteiger partial charge in [0.1, 0.15) is 0 Å². The molecule has 2 aromatic heterocycles. The smallest absolute Gasteiger partial charge is 0.283 e. The highest BCUT2D eigenvalue weighted by Crippen LogP contribution is 2.26. The Hall–Kier alpha value is -4.19. The highest BCUT2D eigenvalue weighted by atomic mass is 16.4. The van der Waals surface area contributed by atoms with Crippen LogP contribution in [0.1, 0.15) is 10.4 Å². The first kappa shape index (κ1) is 16.9. The Morgan fingerprint density at radius 3 is 2.52 bits per heavy atom. The molecule has 0 radical (unpaired) electrons. The molecule has 6 heteroatoms. The highest BCUT2D eigenvalue weighted by Gasteiger charge is 2.13. The molecule has 0 atom stereocenters. The summed E-state index contributed by atoms with van der Waals surface area (Å²) in [5.74, 6) is 0.966. The second kappa shape index (κ2) is 7.09. The fourth-order valence-electron chi connectivity index (χ4n) is 3.10. The summed E-state index contributed by atoms with van der Waals surface area (Å²) in [5.41, 5.74) is 1.93. The molecule has 29 heavy (non-hydrogen) atoms. The summed E-state index contributed by atoms with van der Waals surface area (Å²) in [7, 11) is 0. The number of carbonyl (C=O) groups excluding carboxylic acids is 1. The summed E-state index contributed by atoms with van der Waals surface area (Å²) < 4.78 is 10.9. The molecule has 5 rings (SSSR count). The largest absolute Gasteiger partial charge is 0.459 e. The third-order valence-corrected chi connectivity index (χ3v) is 4.54. The van der Waals surface area contributed by atoms with Crippen molar-refractivity contribution in [1.29, 1.82) is 0 Å². The van der Waals surface area contributed by atoms with Crippen molar-refractivity contribution >= 4 is 22.4 Å². The van der Waals surface area contributed by atoms with Gasteiger partial charge < -0.3 is 14.2 Å². The van der Waals surface area contributed by atoms with Crippen molar-refractivity contribution in [3.05, 3.63) is 90.7 Å². The predicted molar refractivity (Wildman–Crippen MR) is 109 cm³/mol. The van der Waals surface area contributed by atoms with E-state index in [0.29, 0.717) is 34.4 Å². The van der Waals surface area contributed by atoms with Crippen LogP contribution in [0, 0.1) is 0 Å². The summed E-state index contributed by atoms with van der Waals surface area (Å²) in [5, 5.41) is 13.1. The number of rotatable bonds is 4. The molecule has 0 aliphatic heterocycles. The fraction of sp³-hybridized carbons (Fsp3) is 0. The topological polar surface area (TPSA) is 81.2 Å². The first-order valence-electron chi connectivity index (χ1n) is 9.04. The first-order chi connectivity index (χ1) is 14.3. The number of hydrogen-bond acceptors (Lipinski definition) is 5. The van der Waals surface area contributed by atoms with Crippen LogP contribution in [0.25, 0.3) is 33.9 Å². The van der Waals surface area contributed by atoms with E-state index < -0.39 is 0 Å². The molecule has 6 nitrogen and oxygen atoms in total. The summed E-state index contributed by atoms with van der Waals surface area (Å²) in [4.78, 5) is 12.7. The van der Waals surface area contributed by atoms with E-state index in [-0.39, 0.29) is 5.91 Å². The van der Waals surface area contributed by atoms with Gasteiger partial charge in [0.2, 0.25) is 5.89 Å². The van der Waals surface area contributed by atoms with Crippen LogP contribution in [0.15, 0.2) is 94.0 Å². The van der Waals surface area contributed by atoms with Crippen LogP contribution in [0.4, 0.5) is 5.69 Å². The summed E-state index contributed by atoms with van der Waals surface area (Å²) >= 11 is 0. The molecule has 0 saturated heterocycles. The average molecular weight is 381 g/mol. The number of benzene rings is 3. The number of furan rings is 1. The zero-order chi connectivity index (χ0) is 19.6. The molecule has 5 aromatic rings. The molecule has 140 valence electrons. The maximum absolute atomic E-state index is 12.7. The quantitative estimate of drug-likeness (QED) is 0.451. The lowest BCUT2D eigenvalue weighted by Crippen LogP contribution is -2.11. The number of nitrogens with zero attached hydrogens (tertiary/aromatic N) is 2. The fourth-order valence-corrected chi connectivity index (χ4v) is 3.10. The van der Waals surface area contributed by atoms with Gasteiger partial charge in [-0.1, -0.05) is 36.4 Å². The lowest BCUT2D eigenvalue weighted by molar-refractivity contribution is 0.102. The first-order valence-corrected chi connectivity index (χ1v) is 9.04. The minimum absolute atomic E-state index is 0.185. The van der Waals surface area contributed by atoms with E-state index in [1.54, 1.807) is 24.5 Å². The van der Waals surface area contributed by atoms with Gasteiger partial charge in [0, 0.05) is 16.8 Å². The highest BCUT2D eigenvalue weighted by molar-refractivity contribution is 6.06. The molecule has 2 heterocycles. The molecule has 0 fully saturated rings. The van der Waals surface area contributed by atoms with Crippen LogP contribution in [-0.4, -0.2) is 16.1 Å². The molecule has 1 N–H and O–H groups in total. The number of aromatic nitrogens is 2. The van der Waals surface area contributed by atoms with Crippen molar-refractivity contribution < 1.29 is 13.6 Å². The molecular weight excluding hydrogens is 366 g/mol.